The molecule has 0 spiro atoms. The maximum Gasteiger partial charge on any atom is 0.410 e. The van der Waals surface area contributed by atoms with Gasteiger partial charge in [-0.1, -0.05) is 0 Å². The summed E-state index contributed by atoms with van der Waals surface area (Å²) < 4.78 is 19.3. The third-order valence-corrected chi connectivity index (χ3v) is 3.17. The minimum atomic E-state index is -0.530. The van der Waals surface area contributed by atoms with Crippen LogP contribution in [0.4, 0.5) is 20.7 Å². The molecule has 1 aliphatic rings. The molecule has 0 aromatic carbocycles. The Labute approximate surface area is 129 Å². The Kier molecular flexibility index (Phi) is 4.50. The molecule has 2 heterocycles. The molecule has 0 radical (unpaired) electrons. The number of amides is 1. The van der Waals surface area contributed by atoms with Crippen LogP contribution < -0.4 is 4.90 Å². The first-order valence-corrected chi connectivity index (χ1v) is 7.06. The van der Waals surface area contributed by atoms with Crippen molar-refractivity contribution in [3.05, 3.63) is 29.5 Å². The molecule has 2 rings (SSSR count). The topological polar surface area (TPSA) is 50.0 Å². The Bertz CT molecular complexity index is 599. The molecule has 118 valence electrons. The second-order valence-corrected chi connectivity index (χ2v) is 6.07. The van der Waals surface area contributed by atoms with Crippen molar-refractivity contribution >= 4 is 17.6 Å². The summed E-state index contributed by atoms with van der Waals surface area (Å²) in [5.74, 6) is -0.296. The van der Waals surface area contributed by atoms with E-state index in [4.69, 9.17) is 11.3 Å². The molecule has 0 bridgehead atoms. The van der Waals surface area contributed by atoms with Crippen LogP contribution in [0.5, 0.6) is 0 Å². The van der Waals surface area contributed by atoms with Gasteiger partial charge in [0.1, 0.15) is 5.60 Å². The zero-order valence-electron chi connectivity index (χ0n) is 13.0. The van der Waals surface area contributed by atoms with Crippen LogP contribution >= 0.6 is 0 Å². The number of hydrogen-bond donors (Lipinski definition) is 0. The van der Waals surface area contributed by atoms with Gasteiger partial charge in [-0.15, -0.1) is 0 Å². The summed E-state index contributed by atoms with van der Waals surface area (Å²) in [5, 5.41) is 0. The van der Waals surface area contributed by atoms with E-state index >= 15 is 0 Å². The maximum absolute atomic E-state index is 13.9. The number of nitrogens with zero attached hydrogens (tertiary/aromatic N) is 4. The average Bonchev–Trinajstić information content (AvgIpc) is 2.45. The van der Waals surface area contributed by atoms with E-state index in [2.05, 4.69) is 9.83 Å². The molecule has 0 N–H and O–H groups in total. The summed E-state index contributed by atoms with van der Waals surface area (Å²) in [6.45, 7) is 14.1. The lowest BCUT2D eigenvalue weighted by atomic mass is 10.2. The van der Waals surface area contributed by atoms with Crippen LogP contribution in [0.25, 0.3) is 4.85 Å². The lowest BCUT2D eigenvalue weighted by molar-refractivity contribution is 0.0240. The van der Waals surface area contributed by atoms with E-state index in [0.717, 1.165) is 0 Å². The summed E-state index contributed by atoms with van der Waals surface area (Å²) in [5.41, 5.74) is -0.356. The predicted octanol–water partition coefficient (Wildman–Crippen LogP) is 2.83. The van der Waals surface area contributed by atoms with Gasteiger partial charge in [0, 0.05) is 32.4 Å². The minimum absolute atomic E-state index is 0.175. The van der Waals surface area contributed by atoms with Crippen LogP contribution in [-0.2, 0) is 4.74 Å². The number of pyridine rings is 1. The van der Waals surface area contributed by atoms with E-state index in [9.17, 15) is 9.18 Å². The molecule has 0 aliphatic carbocycles. The molecule has 1 amide bonds. The number of aromatic nitrogens is 1. The van der Waals surface area contributed by atoms with Crippen LogP contribution in [0.1, 0.15) is 20.8 Å². The molecule has 1 fully saturated rings. The van der Waals surface area contributed by atoms with Crippen molar-refractivity contribution in [1.82, 2.24) is 9.88 Å². The fourth-order valence-corrected chi connectivity index (χ4v) is 2.14. The molecule has 6 nitrogen and oxygen atoms in total. The first-order chi connectivity index (χ1) is 10.3. The Morgan fingerprint density at radius 2 is 2.00 bits per heavy atom. The minimum Gasteiger partial charge on any atom is -0.444 e. The van der Waals surface area contributed by atoms with Gasteiger partial charge in [0.05, 0.1) is 6.57 Å². The van der Waals surface area contributed by atoms with E-state index in [-0.39, 0.29) is 17.6 Å². The van der Waals surface area contributed by atoms with Gasteiger partial charge in [0.15, 0.2) is 11.6 Å². The van der Waals surface area contributed by atoms with Gasteiger partial charge < -0.3 is 14.5 Å². The van der Waals surface area contributed by atoms with Crippen LogP contribution in [0.15, 0.2) is 12.3 Å². The van der Waals surface area contributed by atoms with Crippen molar-refractivity contribution in [3.8, 4) is 0 Å². The number of ether oxygens (including phenoxy) is 1. The van der Waals surface area contributed by atoms with Crippen LogP contribution in [0, 0.1) is 12.4 Å². The van der Waals surface area contributed by atoms with Gasteiger partial charge in [0.2, 0.25) is 5.69 Å². The quantitative estimate of drug-likeness (QED) is 0.749. The molecule has 1 saturated heterocycles. The number of piperazine rings is 1. The SMILES string of the molecule is [C-]#[N+]c1cnc(N2CCN(C(=O)OC(C)(C)C)CC2)c(F)c1. The Balaban J connectivity index is 1.98. The highest BCUT2D eigenvalue weighted by Crippen LogP contribution is 2.22. The molecule has 1 aliphatic heterocycles. The fraction of sp³-hybridized carbons (Fsp3) is 0.533. The van der Waals surface area contributed by atoms with Crippen molar-refractivity contribution < 1.29 is 13.9 Å². The predicted molar refractivity (Wildman–Crippen MR) is 80.5 cm³/mol. The Morgan fingerprint density at radius 3 is 2.50 bits per heavy atom. The van der Waals surface area contributed by atoms with Gasteiger partial charge in [-0.25, -0.2) is 19.0 Å². The number of anilines is 1. The van der Waals surface area contributed by atoms with Crippen molar-refractivity contribution in [2.75, 3.05) is 31.1 Å². The summed E-state index contributed by atoms with van der Waals surface area (Å²) in [6.07, 6.45) is 0.995. The molecule has 22 heavy (non-hydrogen) atoms. The first-order valence-electron chi connectivity index (χ1n) is 7.06. The molecule has 0 unspecified atom stereocenters. The van der Waals surface area contributed by atoms with E-state index in [1.54, 1.807) is 9.80 Å². The van der Waals surface area contributed by atoms with Gasteiger partial charge in [-0.2, -0.15) is 0 Å². The van der Waals surface area contributed by atoms with Crippen LogP contribution in [0.3, 0.4) is 0 Å². The van der Waals surface area contributed by atoms with Crippen LogP contribution in [0.2, 0.25) is 0 Å². The number of halogens is 1. The summed E-state index contributed by atoms with van der Waals surface area (Å²) >= 11 is 0. The number of carbonyl (C=O) groups excluding carboxylic acids is 1. The van der Waals surface area contributed by atoms with Crippen molar-refractivity contribution in [2.24, 2.45) is 0 Å². The highest BCUT2D eigenvalue weighted by molar-refractivity contribution is 5.68. The number of rotatable bonds is 1. The van der Waals surface area contributed by atoms with Gasteiger partial charge in [0.25, 0.3) is 0 Å². The van der Waals surface area contributed by atoms with E-state index in [1.165, 1.54) is 12.3 Å². The van der Waals surface area contributed by atoms with E-state index in [1.807, 2.05) is 20.8 Å². The second kappa shape index (κ2) is 6.18. The summed E-state index contributed by atoms with van der Waals surface area (Å²) in [7, 11) is 0. The number of hydrogen-bond acceptors (Lipinski definition) is 4. The Morgan fingerprint density at radius 1 is 1.36 bits per heavy atom. The molecular weight excluding hydrogens is 287 g/mol. The standard InChI is InChI=1S/C15H19FN4O2/c1-15(2,3)22-14(21)20-7-5-19(6-8-20)13-12(16)9-11(17-4)10-18-13/h9-10H,5-8H2,1-3H3. The molecule has 1 aromatic heterocycles. The molecular formula is C15H19FN4O2. The highest BCUT2D eigenvalue weighted by Gasteiger charge is 2.27. The van der Waals surface area contributed by atoms with Crippen molar-refractivity contribution in [2.45, 2.75) is 26.4 Å². The smallest absolute Gasteiger partial charge is 0.410 e. The van der Waals surface area contributed by atoms with Crippen molar-refractivity contribution in [1.29, 1.82) is 0 Å². The normalized spacial score (nSPS) is 15.4. The lowest BCUT2D eigenvalue weighted by Gasteiger charge is -2.36. The second-order valence-electron chi connectivity index (χ2n) is 6.07. The summed E-state index contributed by atoms with van der Waals surface area (Å²) in [6, 6.07) is 1.18. The van der Waals surface area contributed by atoms with Crippen LogP contribution in [-0.4, -0.2) is 47.8 Å². The zero-order chi connectivity index (χ0) is 16.3. The molecule has 7 heteroatoms. The maximum atomic E-state index is 13.9. The van der Waals surface area contributed by atoms with Gasteiger partial charge in [-0.3, -0.25) is 0 Å². The van der Waals surface area contributed by atoms with Crippen molar-refractivity contribution in [3.63, 3.8) is 0 Å². The monoisotopic (exact) mass is 306 g/mol. The third-order valence-electron chi connectivity index (χ3n) is 3.17. The first kappa shape index (κ1) is 16.0. The lowest BCUT2D eigenvalue weighted by Crippen LogP contribution is -2.50. The van der Waals surface area contributed by atoms with Gasteiger partial charge in [-0.05, 0) is 26.8 Å². The van der Waals surface area contributed by atoms with Gasteiger partial charge >= 0.3 is 6.09 Å². The molecule has 0 atom stereocenters. The Hall–Kier alpha value is -2.36. The van der Waals surface area contributed by atoms with E-state index < -0.39 is 11.4 Å². The number of carbonyl (C=O) groups is 1. The fourth-order valence-electron chi connectivity index (χ4n) is 2.14. The molecule has 0 saturated carbocycles. The molecule has 1 aromatic rings. The third kappa shape index (κ3) is 3.85. The highest BCUT2D eigenvalue weighted by atomic mass is 19.1. The largest absolute Gasteiger partial charge is 0.444 e. The average molecular weight is 306 g/mol. The van der Waals surface area contributed by atoms with E-state index in [0.29, 0.717) is 26.2 Å². The zero-order valence-corrected chi connectivity index (χ0v) is 13.0. The summed E-state index contributed by atoms with van der Waals surface area (Å²) in [4.78, 5) is 22.5.